The molecule has 0 fully saturated rings. The molecule has 36 heavy (non-hydrogen) atoms. The third kappa shape index (κ3) is 5.97. The molecule has 9 heteroatoms. The Kier molecular flexibility index (Phi) is 6.83. The molecule has 0 radical (unpaired) electrons. The summed E-state index contributed by atoms with van der Waals surface area (Å²) in [5, 5.41) is 22.6. The highest BCUT2D eigenvalue weighted by molar-refractivity contribution is 5.95. The van der Waals surface area contributed by atoms with E-state index in [1.165, 1.54) is 0 Å². The van der Waals surface area contributed by atoms with Crippen molar-refractivity contribution in [3.63, 3.8) is 0 Å². The quantitative estimate of drug-likeness (QED) is 0.146. The van der Waals surface area contributed by atoms with Crippen molar-refractivity contribution in [1.29, 1.82) is 16.2 Å². The highest BCUT2D eigenvalue weighted by Gasteiger charge is 2.09. The Morgan fingerprint density at radius 1 is 0.389 bits per heavy atom. The number of nitrogen functional groups attached to an aromatic ring is 3. The number of amidine groups is 3. The van der Waals surface area contributed by atoms with E-state index in [9.17, 15) is 0 Å². The Morgan fingerprint density at radius 2 is 0.611 bits per heavy atom. The van der Waals surface area contributed by atoms with Crippen LogP contribution in [0, 0.1) is 16.2 Å². The van der Waals surface area contributed by atoms with Crippen LogP contribution in [0.2, 0.25) is 0 Å². The third-order valence-electron chi connectivity index (χ3n) is 5.06. The molecule has 0 aliphatic heterocycles. The molecular formula is C27H24N6O3. The van der Waals surface area contributed by atoms with Crippen LogP contribution in [0.5, 0.6) is 34.5 Å². The van der Waals surface area contributed by atoms with Gasteiger partial charge in [0.1, 0.15) is 52.0 Å². The van der Waals surface area contributed by atoms with Crippen LogP contribution < -0.4 is 31.4 Å². The van der Waals surface area contributed by atoms with Gasteiger partial charge in [-0.15, -0.1) is 0 Å². The summed E-state index contributed by atoms with van der Waals surface area (Å²) >= 11 is 0. The summed E-state index contributed by atoms with van der Waals surface area (Å²) in [5.74, 6) is 2.91. The predicted octanol–water partition coefficient (Wildman–Crippen LogP) is 4.92. The van der Waals surface area contributed by atoms with Gasteiger partial charge in [0.2, 0.25) is 0 Å². The lowest BCUT2D eigenvalue weighted by Gasteiger charge is -2.13. The summed E-state index contributed by atoms with van der Waals surface area (Å²) in [4.78, 5) is 0. The lowest BCUT2D eigenvalue weighted by molar-refractivity contribution is 0.440. The second-order valence-electron chi connectivity index (χ2n) is 7.76. The number of nitrogens with two attached hydrogens (primary N) is 3. The van der Waals surface area contributed by atoms with E-state index in [1.807, 2.05) is 0 Å². The molecule has 0 saturated carbocycles. The molecule has 0 spiro atoms. The number of hydrogen-bond acceptors (Lipinski definition) is 6. The maximum atomic E-state index is 7.54. The van der Waals surface area contributed by atoms with Crippen molar-refractivity contribution in [1.82, 2.24) is 0 Å². The zero-order valence-electron chi connectivity index (χ0n) is 19.1. The number of benzene rings is 4. The van der Waals surface area contributed by atoms with Crippen LogP contribution in [0.4, 0.5) is 0 Å². The molecule has 0 aliphatic rings. The first-order valence-corrected chi connectivity index (χ1v) is 10.8. The van der Waals surface area contributed by atoms with Gasteiger partial charge in [-0.05, 0) is 72.8 Å². The van der Waals surface area contributed by atoms with Gasteiger partial charge in [-0.25, -0.2) is 0 Å². The molecule has 0 atom stereocenters. The average Bonchev–Trinajstić information content (AvgIpc) is 2.85. The zero-order chi connectivity index (χ0) is 25.7. The minimum atomic E-state index is -0.0285. The fourth-order valence-electron chi connectivity index (χ4n) is 3.24. The maximum Gasteiger partial charge on any atom is 0.134 e. The Labute approximate surface area is 207 Å². The van der Waals surface area contributed by atoms with Crippen molar-refractivity contribution < 1.29 is 14.2 Å². The number of ether oxygens (including phenoxy) is 3. The molecular weight excluding hydrogens is 456 g/mol. The third-order valence-corrected chi connectivity index (χ3v) is 5.06. The fraction of sp³-hybridized carbons (Fsp3) is 0. The Morgan fingerprint density at radius 3 is 0.806 bits per heavy atom. The highest BCUT2D eigenvalue weighted by atomic mass is 16.5. The lowest BCUT2D eigenvalue weighted by Crippen LogP contribution is -2.10. The first-order valence-electron chi connectivity index (χ1n) is 10.8. The maximum absolute atomic E-state index is 7.54. The zero-order valence-corrected chi connectivity index (χ0v) is 19.1. The SMILES string of the molecule is N=C(N)c1ccc(Oc2cc(Oc3ccc(C(=N)N)cc3)cc(Oc3ccc(C(=N)N)cc3)c2)cc1. The number of nitrogens with one attached hydrogen (secondary N) is 3. The van der Waals surface area contributed by atoms with Crippen molar-refractivity contribution in [3.05, 3.63) is 108 Å². The molecule has 0 amide bonds. The molecule has 4 rings (SSSR count). The van der Waals surface area contributed by atoms with Gasteiger partial charge in [0, 0.05) is 34.9 Å². The fourth-order valence-corrected chi connectivity index (χ4v) is 3.24. The minimum Gasteiger partial charge on any atom is -0.457 e. The summed E-state index contributed by atoms with van der Waals surface area (Å²) in [7, 11) is 0. The molecule has 9 N–H and O–H groups in total. The molecule has 0 bridgehead atoms. The van der Waals surface area contributed by atoms with E-state index in [0.717, 1.165) is 0 Å². The van der Waals surface area contributed by atoms with Crippen LogP contribution >= 0.6 is 0 Å². The standard InChI is InChI=1S/C27H24N6O3/c28-25(29)16-1-7-19(8-2-16)34-22-13-23(35-20-9-3-17(4-10-20)26(30)31)15-24(14-22)36-21-11-5-18(6-12-21)27(32)33/h1-15H,(H3,28,29)(H3,30,31)(H3,32,33). The van der Waals surface area contributed by atoms with E-state index in [0.29, 0.717) is 51.2 Å². The predicted molar refractivity (Wildman–Crippen MR) is 139 cm³/mol. The molecule has 4 aromatic carbocycles. The topological polar surface area (TPSA) is 177 Å². The minimum absolute atomic E-state index is 0.0285. The van der Waals surface area contributed by atoms with Gasteiger partial charge in [-0.2, -0.15) is 0 Å². The molecule has 9 nitrogen and oxygen atoms in total. The van der Waals surface area contributed by atoms with Gasteiger partial charge >= 0.3 is 0 Å². The summed E-state index contributed by atoms with van der Waals surface area (Å²) in [6.07, 6.45) is 0. The Hall–Kier alpha value is -5.31. The molecule has 0 aromatic heterocycles. The van der Waals surface area contributed by atoms with Crippen LogP contribution in [-0.2, 0) is 0 Å². The van der Waals surface area contributed by atoms with E-state index in [-0.39, 0.29) is 17.5 Å². The van der Waals surface area contributed by atoms with Crippen LogP contribution in [0.3, 0.4) is 0 Å². The summed E-state index contributed by atoms with van der Waals surface area (Å²) in [6.45, 7) is 0. The molecule has 0 aliphatic carbocycles. The first-order chi connectivity index (χ1) is 17.3. The Balaban J connectivity index is 1.62. The van der Waals surface area contributed by atoms with Gasteiger partial charge < -0.3 is 31.4 Å². The summed E-state index contributed by atoms with van der Waals surface area (Å²) < 4.78 is 18.0. The molecule has 0 heterocycles. The van der Waals surface area contributed by atoms with Gasteiger partial charge in [-0.3, -0.25) is 16.2 Å². The van der Waals surface area contributed by atoms with Gasteiger partial charge in [0.05, 0.1) is 0 Å². The smallest absolute Gasteiger partial charge is 0.134 e. The van der Waals surface area contributed by atoms with Crippen LogP contribution in [0.15, 0.2) is 91.0 Å². The Bertz CT molecular complexity index is 1230. The second kappa shape index (κ2) is 10.3. The van der Waals surface area contributed by atoms with Crippen LogP contribution in [-0.4, -0.2) is 17.5 Å². The molecule has 4 aromatic rings. The van der Waals surface area contributed by atoms with E-state index in [2.05, 4.69) is 0 Å². The molecule has 180 valence electrons. The van der Waals surface area contributed by atoms with Crippen molar-refractivity contribution in [2.24, 2.45) is 17.2 Å². The first kappa shape index (κ1) is 23.8. The number of hydrogen-bond donors (Lipinski definition) is 6. The average molecular weight is 481 g/mol. The molecule has 0 unspecified atom stereocenters. The lowest BCUT2D eigenvalue weighted by atomic mass is 10.2. The number of rotatable bonds is 9. The van der Waals surface area contributed by atoms with Gasteiger partial charge in [0.15, 0.2) is 0 Å². The van der Waals surface area contributed by atoms with Gasteiger partial charge in [0.25, 0.3) is 0 Å². The van der Waals surface area contributed by atoms with Crippen molar-refractivity contribution in [3.8, 4) is 34.5 Å². The normalized spacial score (nSPS) is 10.3. The van der Waals surface area contributed by atoms with E-state index >= 15 is 0 Å². The van der Waals surface area contributed by atoms with Gasteiger partial charge in [-0.1, -0.05) is 0 Å². The van der Waals surface area contributed by atoms with Crippen molar-refractivity contribution in [2.75, 3.05) is 0 Å². The summed E-state index contributed by atoms with van der Waals surface area (Å²) in [6, 6.07) is 25.6. The molecule has 0 saturated heterocycles. The van der Waals surface area contributed by atoms with Crippen LogP contribution in [0.1, 0.15) is 16.7 Å². The van der Waals surface area contributed by atoms with Crippen LogP contribution in [0.25, 0.3) is 0 Å². The largest absolute Gasteiger partial charge is 0.457 e. The second-order valence-corrected chi connectivity index (χ2v) is 7.76. The van der Waals surface area contributed by atoms with Crippen molar-refractivity contribution in [2.45, 2.75) is 0 Å². The highest BCUT2D eigenvalue weighted by Crippen LogP contribution is 2.35. The van der Waals surface area contributed by atoms with E-state index in [4.69, 9.17) is 47.6 Å². The monoisotopic (exact) mass is 480 g/mol. The summed E-state index contributed by atoms with van der Waals surface area (Å²) in [5.41, 5.74) is 18.3. The van der Waals surface area contributed by atoms with Crippen molar-refractivity contribution >= 4 is 17.5 Å². The van der Waals surface area contributed by atoms with E-state index in [1.54, 1.807) is 91.0 Å². The van der Waals surface area contributed by atoms with E-state index < -0.39 is 0 Å².